The van der Waals surface area contributed by atoms with Gasteiger partial charge in [-0.3, -0.25) is 9.69 Å². The van der Waals surface area contributed by atoms with Crippen LogP contribution in [0.1, 0.15) is 21.5 Å². The van der Waals surface area contributed by atoms with Gasteiger partial charge in [0.05, 0.1) is 15.7 Å². The Kier molecular flexibility index (Phi) is 7.50. The Morgan fingerprint density at radius 3 is 2.45 bits per heavy atom. The van der Waals surface area contributed by atoms with Crippen LogP contribution in [0.4, 0.5) is 5.69 Å². The maximum atomic E-state index is 12.7. The third-order valence-corrected chi connectivity index (χ3v) is 7.22. The normalized spacial score (nSPS) is 14.9. The van der Waals surface area contributed by atoms with E-state index in [1.54, 1.807) is 0 Å². The van der Waals surface area contributed by atoms with Gasteiger partial charge in [0.15, 0.2) is 0 Å². The first-order valence-electron chi connectivity index (χ1n) is 11.0. The number of hydrogen-bond donors (Lipinski definition) is 1. The molecule has 5 rings (SSSR count). The molecule has 1 saturated heterocycles. The van der Waals surface area contributed by atoms with Gasteiger partial charge in [-0.2, -0.15) is 0 Å². The Balaban J connectivity index is 0.00000259. The molecule has 172 valence electrons. The molecule has 0 aromatic heterocycles. The van der Waals surface area contributed by atoms with Crippen molar-refractivity contribution in [2.24, 2.45) is 0 Å². The van der Waals surface area contributed by atoms with Gasteiger partial charge in [-0.25, -0.2) is 0 Å². The summed E-state index contributed by atoms with van der Waals surface area (Å²) in [5.74, 6) is -0.00639. The molecular weight excluding hydrogens is 477 g/mol. The molecule has 1 aliphatic heterocycles. The van der Waals surface area contributed by atoms with Gasteiger partial charge in [0.1, 0.15) is 0 Å². The summed E-state index contributed by atoms with van der Waals surface area (Å²) in [5, 5.41) is 4.29. The fraction of sp³-hybridized carbons (Fsp3) is 0.269. The second-order valence-corrected chi connectivity index (χ2v) is 9.15. The van der Waals surface area contributed by atoms with E-state index in [-0.39, 0.29) is 18.3 Å². The first kappa shape index (κ1) is 23.9. The molecule has 3 aromatic rings. The Morgan fingerprint density at radius 1 is 0.879 bits per heavy atom. The topological polar surface area (TPSA) is 35.6 Å². The van der Waals surface area contributed by atoms with E-state index in [2.05, 4.69) is 45.4 Å². The van der Waals surface area contributed by atoms with Gasteiger partial charge in [0.2, 0.25) is 0 Å². The van der Waals surface area contributed by atoms with Crippen molar-refractivity contribution in [1.82, 2.24) is 10.2 Å². The monoisotopic (exact) mass is 501 g/mol. The highest BCUT2D eigenvalue weighted by Crippen LogP contribution is 2.36. The average molecular weight is 503 g/mol. The summed E-state index contributed by atoms with van der Waals surface area (Å²) in [5.41, 5.74) is 6.82. The number of benzene rings is 3. The number of carbonyl (C=O) groups excluding carboxylic acids is 1. The van der Waals surface area contributed by atoms with Crippen molar-refractivity contribution in [2.75, 3.05) is 44.2 Å². The van der Waals surface area contributed by atoms with E-state index in [0.717, 1.165) is 50.4 Å². The number of nitrogens with one attached hydrogen (secondary N) is 1. The molecule has 1 N–H and O–H groups in total. The van der Waals surface area contributed by atoms with E-state index in [1.165, 1.54) is 22.3 Å². The van der Waals surface area contributed by atoms with Crippen LogP contribution < -0.4 is 10.2 Å². The van der Waals surface area contributed by atoms with Gasteiger partial charge in [-0.1, -0.05) is 59.6 Å². The van der Waals surface area contributed by atoms with Crippen molar-refractivity contribution in [1.29, 1.82) is 0 Å². The fourth-order valence-electron chi connectivity index (χ4n) is 4.66. The van der Waals surface area contributed by atoms with Crippen LogP contribution in [-0.4, -0.2) is 50.1 Å². The molecule has 0 spiro atoms. The van der Waals surface area contributed by atoms with E-state index < -0.39 is 0 Å². The molecule has 0 atom stereocenters. The molecule has 1 aliphatic carbocycles. The standard InChI is InChI=1S/C26H25Cl2N3O.ClH/c27-23-6-3-7-24(25(23)28)31-14-12-30(13-15-31)11-10-29-26(32)19-8-9-22-20(17-19)16-18-4-1-2-5-21(18)22;/h1-9,17H,10-16H2,(H,29,32);1H. The molecule has 0 bridgehead atoms. The van der Waals surface area contributed by atoms with Gasteiger partial charge in [-0.05, 0) is 52.9 Å². The number of anilines is 1. The quantitative estimate of drug-likeness (QED) is 0.389. The van der Waals surface area contributed by atoms with E-state index in [1.807, 2.05) is 30.3 Å². The summed E-state index contributed by atoms with van der Waals surface area (Å²) in [6, 6.07) is 20.3. The Morgan fingerprint density at radius 2 is 1.64 bits per heavy atom. The van der Waals surface area contributed by atoms with E-state index in [9.17, 15) is 4.79 Å². The Labute approximate surface area is 210 Å². The van der Waals surface area contributed by atoms with E-state index in [0.29, 0.717) is 16.6 Å². The summed E-state index contributed by atoms with van der Waals surface area (Å²) >= 11 is 12.5. The summed E-state index contributed by atoms with van der Waals surface area (Å²) in [6.45, 7) is 5.09. The minimum atomic E-state index is -0.00639. The van der Waals surface area contributed by atoms with Crippen LogP contribution in [-0.2, 0) is 6.42 Å². The molecule has 2 aliphatic rings. The molecule has 7 heteroatoms. The van der Waals surface area contributed by atoms with Crippen molar-refractivity contribution in [3.63, 3.8) is 0 Å². The highest BCUT2D eigenvalue weighted by Gasteiger charge is 2.21. The largest absolute Gasteiger partial charge is 0.368 e. The van der Waals surface area contributed by atoms with Gasteiger partial charge in [-0.15, -0.1) is 12.4 Å². The van der Waals surface area contributed by atoms with Crippen LogP contribution in [0.15, 0.2) is 60.7 Å². The number of fused-ring (bicyclic) bond motifs is 3. The zero-order valence-electron chi connectivity index (χ0n) is 18.2. The molecule has 1 fully saturated rings. The molecule has 3 aromatic carbocycles. The number of carbonyl (C=O) groups is 1. The summed E-state index contributed by atoms with van der Waals surface area (Å²) < 4.78 is 0. The number of nitrogens with zero attached hydrogens (tertiary/aromatic N) is 2. The third-order valence-electron chi connectivity index (χ3n) is 6.41. The fourth-order valence-corrected chi connectivity index (χ4v) is 5.08. The van der Waals surface area contributed by atoms with E-state index in [4.69, 9.17) is 23.2 Å². The summed E-state index contributed by atoms with van der Waals surface area (Å²) in [7, 11) is 0. The summed E-state index contributed by atoms with van der Waals surface area (Å²) in [6.07, 6.45) is 0.896. The number of piperazine rings is 1. The Hall–Kier alpha value is -2.24. The zero-order valence-corrected chi connectivity index (χ0v) is 20.5. The predicted octanol–water partition coefficient (Wildman–Crippen LogP) is 5.54. The first-order valence-corrected chi connectivity index (χ1v) is 11.8. The average Bonchev–Trinajstić information content (AvgIpc) is 3.19. The molecule has 1 amide bonds. The predicted molar refractivity (Wildman–Crippen MR) is 139 cm³/mol. The van der Waals surface area contributed by atoms with Gasteiger partial charge in [0, 0.05) is 44.8 Å². The van der Waals surface area contributed by atoms with Crippen molar-refractivity contribution < 1.29 is 4.79 Å². The SMILES string of the molecule is Cl.O=C(NCCN1CCN(c2cccc(Cl)c2Cl)CC1)c1ccc2c(c1)Cc1ccccc1-2. The van der Waals surface area contributed by atoms with Gasteiger partial charge < -0.3 is 10.2 Å². The lowest BCUT2D eigenvalue weighted by Crippen LogP contribution is -2.48. The minimum absolute atomic E-state index is 0. The van der Waals surface area contributed by atoms with Crippen molar-refractivity contribution in [2.45, 2.75) is 6.42 Å². The molecular formula is C26H26Cl3N3O. The van der Waals surface area contributed by atoms with Gasteiger partial charge in [0.25, 0.3) is 5.91 Å². The highest BCUT2D eigenvalue weighted by molar-refractivity contribution is 6.43. The maximum Gasteiger partial charge on any atom is 0.251 e. The lowest BCUT2D eigenvalue weighted by molar-refractivity contribution is 0.0947. The number of hydrogen-bond acceptors (Lipinski definition) is 3. The van der Waals surface area contributed by atoms with Crippen LogP contribution in [0.5, 0.6) is 0 Å². The van der Waals surface area contributed by atoms with Crippen molar-refractivity contribution >= 4 is 47.2 Å². The highest BCUT2D eigenvalue weighted by atomic mass is 35.5. The molecule has 1 heterocycles. The molecule has 33 heavy (non-hydrogen) atoms. The van der Waals surface area contributed by atoms with Gasteiger partial charge >= 0.3 is 0 Å². The van der Waals surface area contributed by atoms with Crippen LogP contribution in [0.3, 0.4) is 0 Å². The van der Waals surface area contributed by atoms with Crippen molar-refractivity contribution in [3.05, 3.63) is 87.4 Å². The third kappa shape index (κ3) is 4.99. The molecule has 0 radical (unpaired) electrons. The smallest absolute Gasteiger partial charge is 0.251 e. The van der Waals surface area contributed by atoms with Crippen LogP contribution in [0.2, 0.25) is 10.0 Å². The Bertz CT molecular complexity index is 1160. The molecule has 0 saturated carbocycles. The second kappa shape index (κ2) is 10.4. The molecule has 0 unspecified atom stereocenters. The van der Waals surface area contributed by atoms with E-state index >= 15 is 0 Å². The minimum Gasteiger partial charge on any atom is -0.368 e. The zero-order chi connectivity index (χ0) is 22.1. The lowest BCUT2D eigenvalue weighted by atomic mass is 10.0. The van der Waals surface area contributed by atoms with Crippen LogP contribution in [0, 0.1) is 0 Å². The van der Waals surface area contributed by atoms with Crippen molar-refractivity contribution in [3.8, 4) is 11.1 Å². The summed E-state index contributed by atoms with van der Waals surface area (Å²) in [4.78, 5) is 17.3. The number of halogens is 3. The number of rotatable bonds is 5. The van der Waals surface area contributed by atoms with Crippen LogP contribution >= 0.6 is 35.6 Å². The molecule has 4 nitrogen and oxygen atoms in total. The lowest BCUT2D eigenvalue weighted by Gasteiger charge is -2.36. The second-order valence-electron chi connectivity index (χ2n) is 8.36. The van der Waals surface area contributed by atoms with Crippen LogP contribution in [0.25, 0.3) is 11.1 Å². The first-order chi connectivity index (χ1) is 15.6. The maximum absolute atomic E-state index is 12.7. The number of amides is 1.